The van der Waals surface area contributed by atoms with Gasteiger partial charge >= 0.3 is 0 Å². The number of carbonyl (C=O) groups is 1. The molecule has 0 saturated heterocycles. The Balaban J connectivity index is 1.91. The molecule has 0 saturated carbocycles. The first kappa shape index (κ1) is 14.4. The number of hydrogen-bond acceptors (Lipinski definition) is 3. The predicted octanol–water partition coefficient (Wildman–Crippen LogP) is 3.29. The molecule has 1 amide bonds. The van der Waals surface area contributed by atoms with Crippen molar-refractivity contribution in [2.75, 3.05) is 19.5 Å². The second kappa shape index (κ2) is 5.72. The van der Waals surface area contributed by atoms with Crippen molar-refractivity contribution < 1.29 is 14.3 Å². The molecule has 0 bridgehead atoms. The third kappa shape index (κ3) is 2.41. The van der Waals surface area contributed by atoms with Crippen LogP contribution in [0.3, 0.4) is 0 Å². The molecular weight excluding hydrogens is 278 g/mol. The first-order chi connectivity index (χ1) is 10.6. The highest BCUT2D eigenvalue weighted by Gasteiger charge is 2.31. The molecule has 1 heterocycles. The highest BCUT2D eigenvalue weighted by atomic mass is 16.5. The van der Waals surface area contributed by atoms with Crippen LogP contribution in [0, 0.1) is 6.92 Å². The maximum absolute atomic E-state index is 12.3. The highest BCUT2D eigenvalue weighted by molar-refractivity contribution is 6.03. The maximum atomic E-state index is 12.3. The average molecular weight is 297 g/mol. The van der Waals surface area contributed by atoms with Gasteiger partial charge in [0.2, 0.25) is 5.91 Å². The Morgan fingerprint density at radius 1 is 1.09 bits per heavy atom. The van der Waals surface area contributed by atoms with Crippen LogP contribution in [-0.2, 0) is 11.2 Å². The van der Waals surface area contributed by atoms with Crippen LogP contribution in [-0.4, -0.2) is 20.1 Å². The summed E-state index contributed by atoms with van der Waals surface area (Å²) < 4.78 is 10.6. The summed E-state index contributed by atoms with van der Waals surface area (Å²) in [6, 6.07) is 11.8. The van der Waals surface area contributed by atoms with Crippen LogP contribution >= 0.6 is 0 Å². The number of hydrogen-bond donors (Lipinski definition) is 1. The van der Waals surface area contributed by atoms with E-state index in [9.17, 15) is 4.79 Å². The van der Waals surface area contributed by atoms with E-state index in [-0.39, 0.29) is 11.8 Å². The van der Waals surface area contributed by atoms with Crippen LogP contribution in [0.2, 0.25) is 0 Å². The number of para-hydroxylation sites is 1. The van der Waals surface area contributed by atoms with Gasteiger partial charge in [-0.3, -0.25) is 4.79 Å². The average Bonchev–Trinajstić information content (AvgIpc) is 2.85. The lowest BCUT2D eigenvalue weighted by Crippen LogP contribution is -2.14. The third-order valence-electron chi connectivity index (χ3n) is 4.13. The van der Waals surface area contributed by atoms with E-state index < -0.39 is 0 Å². The van der Waals surface area contributed by atoms with Gasteiger partial charge in [-0.05, 0) is 42.2 Å². The van der Waals surface area contributed by atoms with Crippen molar-refractivity contribution >= 4 is 11.6 Å². The van der Waals surface area contributed by atoms with Crippen LogP contribution in [0.5, 0.6) is 11.5 Å². The van der Waals surface area contributed by atoms with Gasteiger partial charge < -0.3 is 14.8 Å². The van der Waals surface area contributed by atoms with E-state index in [1.807, 2.05) is 43.3 Å². The predicted molar refractivity (Wildman–Crippen MR) is 85.8 cm³/mol. The fourth-order valence-corrected chi connectivity index (χ4v) is 2.95. The minimum atomic E-state index is -0.159. The lowest BCUT2D eigenvalue weighted by Gasteiger charge is -2.12. The first-order valence-electron chi connectivity index (χ1n) is 7.25. The van der Waals surface area contributed by atoms with Crippen LogP contribution in [0.1, 0.15) is 22.6 Å². The zero-order chi connectivity index (χ0) is 15.7. The van der Waals surface area contributed by atoms with Crippen LogP contribution in [0.25, 0.3) is 0 Å². The fourth-order valence-electron chi connectivity index (χ4n) is 2.95. The summed E-state index contributed by atoms with van der Waals surface area (Å²) >= 11 is 0. The molecule has 2 aromatic carbocycles. The summed E-state index contributed by atoms with van der Waals surface area (Å²) in [4.78, 5) is 12.3. The van der Waals surface area contributed by atoms with E-state index in [2.05, 4.69) is 5.32 Å². The summed E-state index contributed by atoms with van der Waals surface area (Å²) in [5, 5.41) is 2.99. The van der Waals surface area contributed by atoms with Gasteiger partial charge in [-0.25, -0.2) is 0 Å². The Hall–Kier alpha value is -2.49. The molecule has 4 heteroatoms. The Morgan fingerprint density at radius 3 is 2.59 bits per heavy atom. The van der Waals surface area contributed by atoms with Gasteiger partial charge in [0.1, 0.15) is 0 Å². The van der Waals surface area contributed by atoms with Crippen molar-refractivity contribution in [1.29, 1.82) is 0 Å². The van der Waals surface area contributed by atoms with E-state index in [1.165, 1.54) is 0 Å². The SMILES string of the molecule is COc1ccc(CC2C(=O)Nc3c(C)cccc32)cc1OC. The number of ether oxygens (including phenoxy) is 2. The third-order valence-corrected chi connectivity index (χ3v) is 4.13. The van der Waals surface area contributed by atoms with Gasteiger partial charge in [-0.1, -0.05) is 24.3 Å². The molecule has 1 atom stereocenters. The Labute approximate surface area is 130 Å². The van der Waals surface area contributed by atoms with Gasteiger partial charge in [0.05, 0.1) is 20.1 Å². The Bertz CT molecular complexity index is 724. The molecule has 0 fully saturated rings. The molecule has 0 aliphatic carbocycles. The second-order valence-corrected chi connectivity index (χ2v) is 5.47. The number of aryl methyl sites for hydroxylation is 1. The number of anilines is 1. The van der Waals surface area contributed by atoms with Crippen molar-refractivity contribution in [3.8, 4) is 11.5 Å². The minimum absolute atomic E-state index is 0.0547. The van der Waals surface area contributed by atoms with E-state index >= 15 is 0 Å². The zero-order valence-corrected chi connectivity index (χ0v) is 13.0. The Morgan fingerprint density at radius 2 is 1.86 bits per heavy atom. The molecule has 0 spiro atoms. The number of methoxy groups -OCH3 is 2. The molecule has 1 N–H and O–H groups in total. The number of carbonyl (C=O) groups excluding carboxylic acids is 1. The molecule has 4 nitrogen and oxygen atoms in total. The summed E-state index contributed by atoms with van der Waals surface area (Å²) in [5.74, 6) is 1.27. The smallest absolute Gasteiger partial charge is 0.232 e. The monoisotopic (exact) mass is 297 g/mol. The highest BCUT2D eigenvalue weighted by Crippen LogP contribution is 2.38. The van der Waals surface area contributed by atoms with Crippen molar-refractivity contribution in [2.24, 2.45) is 0 Å². The number of amides is 1. The first-order valence-corrected chi connectivity index (χ1v) is 7.25. The summed E-state index contributed by atoms with van der Waals surface area (Å²) in [6.07, 6.45) is 0.642. The summed E-state index contributed by atoms with van der Waals surface area (Å²) in [6.45, 7) is 2.01. The van der Waals surface area contributed by atoms with Crippen LogP contribution in [0.15, 0.2) is 36.4 Å². The minimum Gasteiger partial charge on any atom is -0.493 e. The zero-order valence-electron chi connectivity index (χ0n) is 13.0. The van der Waals surface area contributed by atoms with Crippen molar-refractivity contribution in [1.82, 2.24) is 0 Å². The molecule has 3 rings (SSSR count). The van der Waals surface area contributed by atoms with Crippen molar-refractivity contribution in [3.63, 3.8) is 0 Å². The lowest BCUT2D eigenvalue weighted by molar-refractivity contribution is -0.117. The van der Waals surface area contributed by atoms with Crippen LogP contribution < -0.4 is 14.8 Å². The van der Waals surface area contributed by atoms with Gasteiger partial charge in [0.25, 0.3) is 0 Å². The Kier molecular flexibility index (Phi) is 3.75. The van der Waals surface area contributed by atoms with E-state index in [1.54, 1.807) is 14.2 Å². The van der Waals surface area contributed by atoms with Gasteiger partial charge in [-0.15, -0.1) is 0 Å². The number of fused-ring (bicyclic) bond motifs is 1. The topological polar surface area (TPSA) is 47.6 Å². The molecule has 22 heavy (non-hydrogen) atoms. The maximum Gasteiger partial charge on any atom is 0.232 e. The van der Waals surface area contributed by atoms with Gasteiger partial charge in [-0.2, -0.15) is 0 Å². The lowest BCUT2D eigenvalue weighted by atomic mass is 9.92. The molecule has 114 valence electrons. The number of nitrogens with one attached hydrogen (secondary N) is 1. The molecule has 0 aromatic heterocycles. The largest absolute Gasteiger partial charge is 0.493 e. The van der Waals surface area contributed by atoms with Crippen molar-refractivity contribution in [3.05, 3.63) is 53.1 Å². The molecule has 1 unspecified atom stereocenters. The standard InChI is InChI=1S/C18H19NO3/c1-11-5-4-6-13-14(18(20)19-17(11)13)9-12-7-8-15(21-2)16(10-12)22-3/h4-8,10,14H,9H2,1-3H3,(H,19,20). The van der Waals surface area contributed by atoms with E-state index in [4.69, 9.17) is 9.47 Å². The second-order valence-electron chi connectivity index (χ2n) is 5.47. The molecular formula is C18H19NO3. The van der Waals surface area contributed by atoms with E-state index in [0.717, 1.165) is 22.4 Å². The summed E-state index contributed by atoms with van der Waals surface area (Å²) in [5.41, 5.74) is 4.17. The van der Waals surface area contributed by atoms with E-state index in [0.29, 0.717) is 17.9 Å². The van der Waals surface area contributed by atoms with Gasteiger partial charge in [0.15, 0.2) is 11.5 Å². The van der Waals surface area contributed by atoms with Gasteiger partial charge in [0, 0.05) is 5.69 Å². The molecule has 1 aliphatic heterocycles. The summed E-state index contributed by atoms with van der Waals surface area (Å²) in [7, 11) is 3.23. The van der Waals surface area contributed by atoms with Crippen molar-refractivity contribution in [2.45, 2.75) is 19.3 Å². The van der Waals surface area contributed by atoms with Crippen LogP contribution in [0.4, 0.5) is 5.69 Å². The quantitative estimate of drug-likeness (QED) is 0.942. The fraction of sp³-hybridized carbons (Fsp3) is 0.278. The molecule has 0 radical (unpaired) electrons. The molecule has 1 aliphatic rings. The normalized spacial score (nSPS) is 16.1. The number of benzene rings is 2. The molecule has 2 aromatic rings. The number of rotatable bonds is 4.